The first kappa shape index (κ1) is 14.6. The van der Waals surface area contributed by atoms with Crippen LogP contribution in [-0.2, 0) is 0 Å². The molecule has 1 atom stereocenters. The SMILES string of the molecule is Cc1ccc2c(c1)C(=O)[C@@]1(O)CCN(c3cccc(C#N)c3)C1=N2. The Morgan fingerprint density at radius 3 is 2.92 bits per heavy atom. The summed E-state index contributed by atoms with van der Waals surface area (Å²) >= 11 is 0. The molecule has 2 aromatic carbocycles. The molecule has 0 radical (unpaired) electrons. The van der Waals surface area contributed by atoms with E-state index in [-0.39, 0.29) is 12.2 Å². The molecule has 0 aromatic heterocycles. The first-order valence-electron chi connectivity index (χ1n) is 7.77. The molecule has 2 aromatic rings. The summed E-state index contributed by atoms with van der Waals surface area (Å²) in [6.45, 7) is 2.38. The summed E-state index contributed by atoms with van der Waals surface area (Å²) in [6.07, 6.45) is 0.287. The van der Waals surface area contributed by atoms with E-state index in [0.717, 1.165) is 11.3 Å². The minimum absolute atomic E-state index is 0.287. The van der Waals surface area contributed by atoms with Crippen LogP contribution in [0.3, 0.4) is 0 Å². The Morgan fingerprint density at radius 2 is 2.12 bits per heavy atom. The molecule has 24 heavy (non-hydrogen) atoms. The number of anilines is 1. The van der Waals surface area contributed by atoms with E-state index < -0.39 is 5.60 Å². The number of hydrogen-bond acceptors (Lipinski definition) is 5. The number of amidine groups is 1. The lowest BCUT2D eigenvalue weighted by atomic mass is 9.87. The third-order valence-corrected chi connectivity index (χ3v) is 4.61. The minimum atomic E-state index is -1.59. The number of nitriles is 1. The molecule has 0 aliphatic carbocycles. The van der Waals surface area contributed by atoms with Crippen LogP contribution < -0.4 is 4.90 Å². The number of ketones is 1. The highest BCUT2D eigenvalue weighted by Crippen LogP contribution is 2.39. The van der Waals surface area contributed by atoms with E-state index in [2.05, 4.69) is 11.1 Å². The van der Waals surface area contributed by atoms with Gasteiger partial charge in [0.15, 0.2) is 5.60 Å². The first-order chi connectivity index (χ1) is 11.5. The number of aliphatic imine (C=N–C) groups is 1. The molecule has 5 heteroatoms. The number of rotatable bonds is 1. The second kappa shape index (κ2) is 5.02. The number of fused-ring (bicyclic) bond motifs is 2. The highest BCUT2D eigenvalue weighted by molar-refractivity contribution is 6.28. The lowest BCUT2D eigenvalue weighted by molar-refractivity contribution is 0.0602. The topological polar surface area (TPSA) is 76.7 Å². The van der Waals surface area contributed by atoms with Gasteiger partial charge in [-0.1, -0.05) is 17.7 Å². The zero-order chi connectivity index (χ0) is 16.9. The van der Waals surface area contributed by atoms with Gasteiger partial charge in [0.2, 0.25) is 5.78 Å². The summed E-state index contributed by atoms with van der Waals surface area (Å²) in [5.74, 6) is 0.0454. The Hall–Kier alpha value is -2.97. The van der Waals surface area contributed by atoms with Crippen LogP contribution in [0.5, 0.6) is 0 Å². The maximum Gasteiger partial charge on any atom is 0.204 e. The molecular formula is C19H15N3O2. The first-order valence-corrected chi connectivity index (χ1v) is 7.77. The average molecular weight is 317 g/mol. The Morgan fingerprint density at radius 1 is 1.29 bits per heavy atom. The summed E-state index contributed by atoms with van der Waals surface area (Å²) in [7, 11) is 0. The lowest BCUT2D eigenvalue weighted by Crippen LogP contribution is -2.48. The molecule has 2 heterocycles. The molecule has 1 saturated heterocycles. The van der Waals surface area contributed by atoms with Crippen LogP contribution >= 0.6 is 0 Å². The van der Waals surface area contributed by atoms with Gasteiger partial charge in [-0.15, -0.1) is 0 Å². The molecule has 4 rings (SSSR count). The van der Waals surface area contributed by atoms with E-state index in [1.807, 2.05) is 24.0 Å². The Labute approximate surface area is 139 Å². The Kier molecular flexibility index (Phi) is 3.05. The molecule has 118 valence electrons. The van der Waals surface area contributed by atoms with Crippen LogP contribution in [-0.4, -0.2) is 28.9 Å². The highest BCUT2D eigenvalue weighted by Gasteiger charge is 2.52. The normalized spacial score (nSPS) is 21.8. The molecule has 1 fully saturated rings. The van der Waals surface area contributed by atoms with Crippen molar-refractivity contribution in [2.24, 2.45) is 4.99 Å². The fourth-order valence-electron chi connectivity index (χ4n) is 3.34. The van der Waals surface area contributed by atoms with E-state index in [9.17, 15) is 9.90 Å². The minimum Gasteiger partial charge on any atom is -0.374 e. The average Bonchev–Trinajstić information content (AvgIpc) is 2.94. The van der Waals surface area contributed by atoms with E-state index in [0.29, 0.717) is 29.2 Å². The molecule has 5 nitrogen and oxygen atoms in total. The standard InChI is InChI=1S/C19H15N3O2/c1-12-5-6-16-15(9-12)17(23)19(24)7-8-22(18(19)21-16)14-4-2-3-13(10-14)11-20/h2-6,9-10,24H,7-8H2,1H3/t19-/m0/s1. The maximum absolute atomic E-state index is 12.9. The number of nitrogens with zero attached hydrogens (tertiary/aromatic N) is 3. The third kappa shape index (κ3) is 1.97. The molecular weight excluding hydrogens is 302 g/mol. The molecule has 0 amide bonds. The number of hydrogen-bond donors (Lipinski definition) is 1. The van der Waals surface area contributed by atoms with Crippen molar-refractivity contribution in [2.75, 3.05) is 11.4 Å². The van der Waals surface area contributed by atoms with E-state index >= 15 is 0 Å². The summed E-state index contributed by atoms with van der Waals surface area (Å²) < 4.78 is 0. The molecule has 0 spiro atoms. The third-order valence-electron chi connectivity index (χ3n) is 4.61. The molecule has 2 aliphatic rings. The highest BCUT2D eigenvalue weighted by atomic mass is 16.3. The second-order valence-corrected chi connectivity index (χ2v) is 6.21. The van der Waals surface area contributed by atoms with Gasteiger partial charge >= 0.3 is 0 Å². The largest absolute Gasteiger partial charge is 0.374 e. The summed E-state index contributed by atoms with van der Waals surface area (Å²) in [5, 5.41) is 20.1. The second-order valence-electron chi connectivity index (χ2n) is 6.21. The predicted molar refractivity (Wildman–Crippen MR) is 90.7 cm³/mol. The summed E-state index contributed by atoms with van der Waals surface area (Å²) in [5.41, 5.74) is 1.70. The van der Waals surface area contributed by atoms with E-state index in [4.69, 9.17) is 5.26 Å². The smallest absolute Gasteiger partial charge is 0.204 e. The molecule has 2 aliphatic heterocycles. The lowest BCUT2D eigenvalue weighted by Gasteiger charge is -2.29. The van der Waals surface area contributed by atoms with Gasteiger partial charge in [-0.3, -0.25) is 4.79 Å². The van der Waals surface area contributed by atoms with Crippen LogP contribution in [0.4, 0.5) is 11.4 Å². The van der Waals surface area contributed by atoms with Gasteiger partial charge in [-0.2, -0.15) is 5.26 Å². The molecule has 1 N–H and O–H groups in total. The summed E-state index contributed by atoms with van der Waals surface area (Å²) in [4.78, 5) is 19.3. The van der Waals surface area contributed by atoms with Gasteiger partial charge in [0.1, 0.15) is 5.84 Å². The molecule has 0 saturated carbocycles. The Balaban J connectivity index is 1.86. The zero-order valence-corrected chi connectivity index (χ0v) is 13.2. The number of carbonyl (C=O) groups is 1. The summed E-state index contributed by atoms with van der Waals surface area (Å²) in [6, 6.07) is 14.7. The maximum atomic E-state index is 12.9. The van der Waals surface area contributed by atoms with Crippen molar-refractivity contribution in [3.05, 3.63) is 59.2 Å². The molecule has 0 unspecified atom stereocenters. The predicted octanol–water partition coefficient (Wildman–Crippen LogP) is 2.73. The van der Waals surface area contributed by atoms with Crippen molar-refractivity contribution < 1.29 is 9.90 Å². The van der Waals surface area contributed by atoms with Crippen molar-refractivity contribution in [1.82, 2.24) is 0 Å². The van der Waals surface area contributed by atoms with Crippen molar-refractivity contribution >= 4 is 23.0 Å². The van der Waals surface area contributed by atoms with Crippen LogP contribution in [0.1, 0.15) is 27.9 Å². The van der Waals surface area contributed by atoms with Crippen LogP contribution in [0.15, 0.2) is 47.5 Å². The van der Waals surface area contributed by atoms with Gasteiger partial charge in [0, 0.05) is 24.2 Å². The van der Waals surface area contributed by atoms with Crippen molar-refractivity contribution in [1.29, 1.82) is 5.26 Å². The number of carbonyl (C=O) groups excluding carboxylic acids is 1. The van der Waals surface area contributed by atoms with Crippen LogP contribution in [0, 0.1) is 18.3 Å². The van der Waals surface area contributed by atoms with Crippen molar-refractivity contribution in [3.8, 4) is 6.07 Å². The van der Waals surface area contributed by atoms with E-state index in [1.165, 1.54) is 0 Å². The number of Topliss-reactive ketones (excluding diaryl/α,β-unsaturated/α-hetero) is 1. The van der Waals surface area contributed by atoms with Gasteiger partial charge in [0.25, 0.3) is 0 Å². The van der Waals surface area contributed by atoms with Gasteiger partial charge in [-0.25, -0.2) is 4.99 Å². The fourth-order valence-corrected chi connectivity index (χ4v) is 3.34. The number of aryl methyl sites for hydroxylation is 1. The fraction of sp³-hybridized carbons (Fsp3) is 0.211. The van der Waals surface area contributed by atoms with Gasteiger partial charge < -0.3 is 10.0 Å². The number of benzene rings is 2. The van der Waals surface area contributed by atoms with Crippen LogP contribution in [0.2, 0.25) is 0 Å². The Bertz CT molecular complexity index is 942. The zero-order valence-electron chi connectivity index (χ0n) is 13.2. The van der Waals surface area contributed by atoms with E-state index in [1.54, 1.807) is 30.3 Å². The van der Waals surface area contributed by atoms with Gasteiger partial charge in [0.05, 0.1) is 17.3 Å². The molecule has 0 bridgehead atoms. The monoisotopic (exact) mass is 317 g/mol. The van der Waals surface area contributed by atoms with Crippen molar-refractivity contribution in [2.45, 2.75) is 18.9 Å². The van der Waals surface area contributed by atoms with Crippen LogP contribution in [0.25, 0.3) is 0 Å². The number of aliphatic hydroxyl groups is 1. The van der Waals surface area contributed by atoms with Crippen molar-refractivity contribution in [3.63, 3.8) is 0 Å². The quantitative estimate of drug-likeness (QED) is 0.877. The van der Waals surface area contributed by atoms with Gasteiger partial charge in [-0.05, 0) is 37.3 Å².